The maximum atomic E-state index is 11.3. The van der Waals surface area contributed by atoms with Crippen LogP contribution in [0.5, 0.6) is 0 Å². The van der Waals surface area contributed by atoms with E-state index in [4.69, 9.17) is 16.2 Å². The predicted octanol–water partition coefficient (Wildman–Crippen LogP) is 0.557. The lowest BCUT2D eigenvalue weighted by Gasteiger charge is -2.19. The van der Waals surface area contributed by atoms with Crippen molar-refractivity contribution in [1.29, 1.82) is 0 Å². The molecule has 0 aliphatic heterocycles. The van der Waals surface area contributed by atoms with Crippen molar-refractivity contribution >= 4 is 30.5 Å². The number of ether oxygens (including phenoxy) is 1. The Hall–Kier alpha value is -1.74. The Balaban J connectivity index is 2.06. The van der Waals surface area contributed by atoms with Gasteiger partial charge in [-0.3, -0.25) is 4.57 Å². The average molecular weight is 344 g/mol. The maximum Gasteiger partial charge on any atom is 0.354 e. The molecule has 11 heteroatoms. The van der Waals surface area contributed by atoms with Crippen molar-refractivity contribution in [2.75, 3.05) is 18.6 Å². The largest absolute Gasteiger partial charge is 0.382 e. The van der Waals surface area contributed by atoms with Gasteiger partial charge in [-0.1, -0.05) is 6.92 Å². The molecule has 10 nitrogen and oxygen atoms in total. The molecule has 6 N–H and O–H groups in total. The van der Waals surface area contributed by atoms with Gasteiger partial charge >= 0.3 is 7.60 Å². The average Bonchev–Trinajstić information content (AvgIpc) is 2.81. The highest BCUT2D eigenvalue weighted by atomic mass is 31.2. The molecule has 0 bridgehead atoms. The Morgan fingerprint density at radius 3 is 2.65 bits per heavy atom. The van der Waals surface area contributed by atoms with Gasteiger partial charge in [0.2, 0.25) is 5.95 Å². The molecule has 2 rings (SSSR count). The van der Waals surface area contributed by atoms with Crippen molar-refractivity contribution in [1.82, 2.24) is 19.5 Å². The van der Waals surface area contributed by atoms with E-state index in [1.165, 1.54) is 7.11 Å². The standard InChI is InChI=1S/C12H21N6O4P/c1-7(3-4-8(22-2)23(19,20)21)5-18-6-15-9-10(13)16-12(14)17-11(9)18/h6-8H,3-5H2,1-2H3,(H2,19,20,21)(H4,13,14,16,17). The number of aromatic nitrogens is 4. The molecule has 0 saturated carbocycles. The molecule has 2 heterocycles. The summed E-state index contributed by atoms with van der Waals surface area (Å²) in [6.07, 6.45) is 2.43. The van der Waals surface area contributed by atoms with Crippen LogP contribution < -0.4 is 11.5 Å². The first-order valence-corrected chi connectivity index (χ1v) is 8.72. The van der Waals surface area contributed by atoms with E-state index in [0.29, 0.717) is 24.1 Å². The fourth-order valence-electron chi connectivity index (χ4n) is 2.39. The lowest BCUT2D eigenvalue weighted by molar-refractivity contribution is 0.123. The lowest BCUT2D eigenvalue weighted by Crippen LogP contribution is -2.15. The number of methoxy groups -OCH3 is 1. The van der Waals surface area contributed by atoms with Crippen LogP contribution in [0.1, 0.15) is 19.8 Å². The van der Waals surface area contributed by atoms with Crippen molar-refractivity contribution < 1.29 is 19.1 Å². The van der Waals surface area contributed by atoms with Crippen LogP contribution >= 0.6 is 7.60 Å². The van der Waals surface area contributed by atoms with E-state index < -0.39 is 13.4 Å². The minimum atomic E-state index is -4.25. The van der Waals surface area contributed by atoms with E-state index in [0.717, 1.165) is 0 Å². The molecule has 0 aromatic carbocycles. The van der Waals surface area contributed by atoms with Crippen LogP contribution in [0.3, 0.4) is 0 Å². The van der Waals surface area contributed by atoms with Crippen LogP contribution in [0.4, 0.5) is 11.8 Å². The predicted molar refractivity (Wildman–Crippen MR) is 85.4 cm³/mol. The highest BCUT2D eigenvalue weighted by Crippen LogP contribution is 2.44. The van der Waals surface area contributed by atoms with Crippen molar-refractivity contribution in [3.8, 4) is 0 Å². The zero-order chi connectivity index (χ0) is 17.2. The first kappa shape index (κ1) is 17.6. The van der Waals surface area contributed by atoms with Gasteiger partial charge < -0.3 is 30.6 Å². The molecule has 0 aliphatic carbocycles. The Kier molecular flexibility index (Phi) is 5.20. The summed E-state index contributed by atoms with van der Waals surface area (Å²) < 4.78 is 17.9. The Labute approximate surface area is 133 Å². The molecule has 0 radical (unpaired) electrons. The second kappa shape index (κ2) is 6.79. The van der Waals surface area contributed by atoms with Crippen LogP contribution in [0.15, 0.2) is 6.33 Å². The molecule has 2 unspecified atom stereocenters. The molecule has 0 fully saturated rings. The van der Waals surface area contributed by atoms with Gasteiger partial charge in [-0.05, 0) is 18.8 Å². The molecule has 2 aromatic rings. The van der Waals surface area contributed by atoms with Gasteiger partial charge in [-0.2, -0.15) is 9.97 Å². The Morgan fingerprint density at radius 2 is 2.04 bits per heavy atom. The summed E-state index contributed by atoms with van der Waals surface area (Å²) in [6.45, 7) is 2.52. The van der Waals surface area contributed by atoms with Gasteiger partial charge in [-0.25, -0.2) is 4.98 Å². The molecule has 0 spiro atoms. The minimum absolute atomic E-state index is 0.0744. The zero-order valence-electron chi connectivity index (χ0n) is 13.0. The van der Waals surface area contributed by atoms with Crippen LogP contribution in [-0.2, 0) is 15.8 Å². The van der Waals surface area contributed by atoms with Crippen molar-refractivity contribution in [2.45, 2.75) is 32.2 Å². The highest BCUT2D eigenvalue weighted by molar-refractivity contribution is 7.52. The van der Waals surface area contributed by atoms with Crippen molar-refractivity contribution in [3.63, 3.8) is 0 Å². The number of hydrogen-bond donors (Lipinski definition) is 4. The van der Waals surface area contributed by atoms with Crippen LogP contribution in [0, 0.1) is 5.92 Å². The van der Waals surface area contributed by atoms with E-state index >= 15 is 0 Å². The second-order valence-electron chi connectivity index (χ2n) is 5.50. The zero-order valence-corrected chi connectivity index (χ0v) is 13.8. The van der Waals surface area contributed by atoms with Gasteiger partial charge in [0.25, 0.3) is 0 Å². The summed E-state index contributed by atoms with van der Waals surface area (Å²) in [5.74, 6) is -0.669. The fraction of sp³-hybridized carbons (Fsp3) is 0.583. The molecule has 0 amide bonds. The van der Waals surface area contributed by atoms with Crippen LogP contribution in [0.25, 0.3) is 11.2 Å². The van der Waals surface area contributed by atoms with Crippen LogP contribution in [-0.4, -0.2) is 42.3 Å². The number of anilines is 2. The summed E-state index contributed by atoms with van der Waals surface area (Å²) in [6, 6.07) is 0. The highest BCUT2D eigenvalue weighted by Gasteiger charge is 2.28. The third-order valence-electron chi connectivity index (χ3n) is 3.57. The summed E-state index contributed by atoms with van der Waals surface area (Å²) in [4.78, 5) is 30.5. The third kappa shape index (κ3) is 4.17. The number of rotatable bonds is 7. The molecule has 128 valence electrons. The Morgan fingerprint density at radius 1 is 1.35 bits per heavy atom. The van der Waals surface area contributed by atoms with Gasteiger partial charge in [0, 0.05) is 13.7 Å². The smallest absolute Gasteiger partial charge is 0.354 e. The number of nitrogens with zero attached hydrogens (tertiary/aromatic N) is 4. The topological polar surface area (TPSA) is 162 Å². The maximum absolute atomic E-state index is 11.3. The second-order valence-corrected chi connectivity index (χ2v) is 7.25. The summed E-state index contributed by atoms with van der Waals surface area (Å²) in [5.41, 5.74) is 12.4. The van der Waals surface area contributed by atoms with E-state index in [1.54, 1.807) is 10.9 Å². The molecule has 0 saturated heterocycles. The fourth-order valence-corrected chi connectivity index (χ4v) is 3.15. The monoisotopic (exact) mass is 344 g/mol. The SMILES string of the molecule is COC(CCC(C)Cn1cnc2c(N)nc(N)nc21)P(=O)(O)O. The van der Waals surface area contributed by atoms with E-state index in [9.17, 15) is 14.4 Å². The summed E-state index contributed by atoms with van der Waals surface area (Å²) >= 11 is 0. The number of nitrogens with two attached hydrogens (primary N) is 2. The van der Waals surface area contributed by atoms with Gasteiger partial charge in [-0.15, -0.1) is 0 Å². The van der Waals surface area contributed by atoms with E-state index in [1.807, 2.05) is 6.92 Å². The number of imidazole rings is 1. The molecule has 2 aromatic heterocycles. The number of fused-ring (bicyclic) bond motifs is 1. The van der Waals surface area contributed by atoms with E-state index in [-0.39, 0.29) is 24.1 Å². The number of hydrogen-bond acceptors (Lipinski definition) is 7. The lowest BCUT2D eigenvalue weighted by atomic mass is 10.1. The molecule has 23 heavy (non-hydrogen) atoms. The van der Waals surface area contributed by atoms with Crippen LogP contribution in [0.2, 0.25) is 0 Å². The van der Waals surface area contributed by atoms with Gasteiger partial charge in [0.05, 0.1) is 6.33 Å². The van der Waals surface area contributed by atoms with Gasteiger partial charge in [0.15, 0.2) is 17.3 Å². The quantitative estimate of drug-likeness (QED) is 0.525. The van der Waals surface area contributed by atoms with Crippen molar-refractivity contribution in [2.24, 2.45) is 5.92 Å². The third-order valence-corrected chi connectivity index (χ3v) is 4.79. The summed E-state index contributed by atoms with van der Waals surface area (Å²) in [7, 11) is -2.96. The molecule has 0 aliphatic rings. The summed E-state index contributed by atoms with van der Waals surface area (Å²) in [5, 5.41) is 0. The van der Waals surface area contributed by atoms with Crippen molar-refractivity contribution in [3.05, 3.63) is 6.33 Å². The first-order valence-electron chi connectivity index (χ1n) is 7.04. The van der Waals surface area contributed by atoms with E-state index in [2.05, 4.69) is 15.0 Å². The first-order chi connectivity index (χ1) is 10.7. The number of nitrogen functional groups attached to an aromatic ring is 2. The van der Waals surface area contributed by atoms with Gasteiger partial charge in [0.1, 0.15) is 5.52 Å². The molecular formula is C12H21N6O4P. The Bertz CT molecular complexity index is 730. The molecular weight excluding hydrogens is 323 g/mol. The molecule has 2 atom stereocenters. The normalized spacial score (nSPS) is 15.0. The minimum Gasteiger partial charge on any atom is -0.382 e.